The Labute approximate surface area is 135 Å². The highest BCUT2D eigenvalue weighted by molar-refractivity contribution is 9.10. The van der Waals surface area contributed by atoms with Crippen LogP contribution < -0.4 is 10.1 Å². The largest absolute Gasteiger partial charge is 0.497 e. The number of nitrogens with one attached hydrogen (secondary N) is 1. The monoisotopic (exact) mass is 353 g/mol. The molecule has 1 aliphatic carbocycles. The Morgan fingerprint density at radius 1 is 1.33 bits per heavy atom. The summed E-state index contributed by atoms with van der Waals surface area (Å²) in [7, 11) is 1.61. The van der Waals surface area contributed by atoms with Crippen LogP contribution in [-0.2, 0) is 0 Å². The molecule has 1 fully saturated rings. The minimum Gasteiger partial charge on any atom is -0.497 e. The Kier molecular flexibility index (Phi) is 5.68. The lowest BCUT2D eigenvalue weighted by atomic mass is 9.78. The first kappa shape index (κ1) is 16.3. The molecule has 1 aliphatic rings. The summed E-state index contributed by atoms with van der Waals surface area (Å²) >= 11 is 3.45. The Morgan fingerprint density at radius 3 is 2.71 bits per heavy atom. The summed E-state index contributed by atoms with van der Waals surface area (Å²) in [5.74, 6) is 1.86. The number of hydrogen-bond acceptors (Lipinski definition) is 2. The van der Waals surface area contributed by atoms with Crippen molar-refractivity contribution in [1.82, 2.24) is 5.32 Å². The summed E-state index contributed by atoms with van der Waals surface area (Å²) in [6.07, 6.45) is 4.77. The zero-order valence-corrected chi connectivity index (χ0v) is 14.6. The van der Waals surface area contributed by atoms with E-state index in [0.29, 0.717) is 23.1 Å². The number of carbonyl (C=O) groups is 1. The number of halogens is 1. The van der Waals surface area contributed by atoms with Crippen LogP contribution in [0.4, 0.5) is 0 Å². The fourth-order valence-corrected chi connectivity index (χ4v) is 3.61. The van der Waals surface area contributed by atoms with Crippen molar-refractivity contribution in [3.05, 3.63) is 28.2 Å². The highest BCUT2D eigenvalue weighted by Crippen LogP contribution is 2.31. The van der Waals surface area contributed by atoms with E-state index in [-0.39, 0.29) is 11.9 Å². The van der Waals surface area contributed by atoms with Crippen LogP contribution >= 0.6 is 15.9 Å². The molecule has 2 atom stereocenters. The quantitative estimate of drug-likeness (QED) is 0.870. The highest BCUT2D eigenvalue weighted by atomic mass is 79.9. The molecular formula is C17H24BrNO2. The number of carbonyl (C=O) groups excluding carboxylic acids is 1. The van der Waals surface area contributed by atoms with Gasteiger partial charge in [-0.3, -0.25) is 4.79 Å². The van der Waals surface area contributed by atoms with Gasteiger partial charge in [-0.2, -0.15) is 0 Å². The molecule has 1 amide bonds. The second kappa shape index (κ2) is 7.30. The van der Waals surface area contributed by atoms with Crippen molar-refractivity contribution in [2.45, 2.75) is 45.6 Å². The normalized spacial score (nSPS) is 22.1. The summed E-state index contributed by atoms with van der Waals surface area (Å²) in [6, 6.07) is 5.77. The summed E-state index contributed by atoms with van der Waals surface area (Å²) in [4.78, 5) is 12.6. The molecule has 0 aromatic heterocycles. The molecule has 2 unspecified atom stereocenters. The van der Waals surface area contributed by atoms with E-state index in [1.54, 1.807) is 13.2 Å². The molecule has 0 aliphatic heterocycles. The standard InChI is InChI=1S/C17H24BrNO2/c1-11(2)13-6-4-5-7-16(13)19-17(20)14-10-12(21-3)8-9-15(14)18/h8-11,13,16H,4-7H2,1-3H3,(H,19,20). The average Bonchev–Trinajstić information content (AvgIpc) is 2.48. The zero-order chi connectivity index (χ0) is 15.4. The van der Waals surface area contributed by atoms with E-state index in [0.717, 1.165) is 10.9 Å². The van der Waals surface area contributed by atoms with E-state index >= 15 is 0 Å². The van der Waals surface area contributed by atoms with Crippen molar-refractivity contribution in [3.63, 3.8) is 0 Å². The summed E-state index contributed by atoms with van der Waals surface area (Å²) < 4.78 is 6.01. The molecule has 1 N–H and O–H groups in total. The predicted octanol–water partition coefficient (Wildman–Crippen LogP) is 4.40. The summed E-state index contributed by atoms with van der Waals surface area (Å²) in [6.45, 7) is 4.49. The van der Waals surface area contributed by atoms with E-state index in [1.807, 2.05) is 12.1 Å². The lowest BCUT2D eigenvalue weighted by molar-refractivity contribution is 0.0888. The Hall–Kier alpha value is -1.03. The van der Waals surface area contributed by atoms with Gasteiger partial charge in [0.2, 0.25) is 0 Å². The van der Waals surface area contributed by atoms with Crippen LogP contribution in [0.1, 0.15) is 49.9 Å². The Morgan fingerprint density at radius 2 is 2.05 bits per heavy atom. The summed E-state index contributed by atoms with van der Waals surface area (Å²) in [5, 5.41) is 3.23. The van der Waals surface area contributed by atoms with Crippen molar-refractivity contribution in [2.24, 2.45) is 11.8 Å². The maximum absolute atomic E-state index is 12.6. The maximum Gasteiger partial charge on any atom is 0.252 e. The fourth-order valence-electron chi connectivity index (χ4n) is 3.19. The number of amides is 1. The minimum absolute atomic E-state index is 0.0154. The lowest BCUT2D eigenvalue weighted by Gasteiger charge is -2.35. The Balaban J connectivity index is 2.13. The molecule has 21 heavy (non-hydrogen) atoms. The topological polar surface area (TPSA) is 38.3 Å². The van der Waals surface area contributed by atoms with Gasteiger partial charge in [-0.1, -0.05) is 26.7 Å². The third-order valence-electron chi connectivity index (χ3n) is 4.41. The van der Waals surface area contributed by atoms with Crippen LogP contribution in [0.2, 0.25) is 0 Å². The molecule has 0 heterocycles. The van der Waals surface area contributed by atoms with Crippen LogP contribution in [0, 0.1) is 11.8 Å². The third kappa shape index (κ3) is 4.00. The van der Waals surface area contributed by atoms with Crippen LogP contribution in [0.3, 0.4) is 0 Å². The SMILES string of the molecule is COc1ccc(Br)c(C(=O)NC2CCCCC2C(C)C)c1. The van der Waals surface area contributed by atoms with Crippen molar-refractivity contribution < 1.29 is 9.53 Å². The van der Waals surface area contributed by atoms with Gasteiger partial charge in [-0.15, -0.1) is 0 Å². The molecule has 116 valence electrons. The number of rotatable bonds is 4. The lowest BCUT2D eigenvalue weighted by Crippen LogP contribution is -2.44. The van der Waals surface area contributed by atoms with Gasteiger partial charge in [0.15, 0.2) is 0 Å². The molecule has 0 spiro atoms. The molecule has 0 radical (unpaired) electrons. The van der Waals surface area contributed by atoms with Gasteiger partial charge in [0.05, 0.1) is 12.7 Å². The second-order valence-electron chi connectivity index (χ2n) is 6.12. The van der Waals surface area contributed by atoms with E-state index in [2.05, 4.69) is 35.1 Å². The smallest absolute Gasteiger partial charge is 0.252 e. The van der Waals surface area contributed by atoms with E-state index < -0.39 is 0 Å². The van der Waals surface area contributed by atoms with Crippen molar-refractivity contribution in [1.29, 1.82) is 0 Å². The van der Waals surface area contributed by atoms with Gasteiger partial charge in [-0.05, 0) is 58.8 Å². The highest BCUT2D eigenvalue weighted by Gasteiger charge is 2.29. The average molecular weight is 354 g/mol. The first-order chi connectivity index (χ1) is 10.0. The minimum atomic E-state index is -0.0154. The van der Waals surface area contributed by atoms with Gasteiger partial charge in [-0.25, -0.2) is 0 Å². The number of methoxy groups -OCH3 is 1. The number of hydrogen-bond donors (Lipinski definition) is 1. The van der Waals surface area contributed by atoms with Gasteiger partial charge < -0.3 is 10.1 Å². The van der Waals surface area contributed by atoms with Crippen molar-refractivity contribution >= 4 is 21.8 Å². The van der Waals surface area contributed by atoms with E-state index in [4.69, 9.17) is 4.74 Å². The second-order valence-corrected chi connectivity index (χ2v) is 6.97. The zero-order valence-electron chi connectivity index (χ0n) is 13.0. The van der Waals surface area contributed by atoms with Gasteiger partial charge >= 0.3 is 0 Å². The van der Waals surface area contributed by atoms with Crippen LogP contribution in [0.5, 0.6) is 5.75 Å². The fraction of sp³-hybridized carbons (Fsp3) is 0.588. The van der Waals surface area contributed by atoms with Crippen LogP contribution in [0.15, 0.2) is 22.7 Å². The van der Waals surface area contributed by atoms with Gasteiger partial charge in [0, 0.05) is 10.5 Å². The number of benzene rings is 1. The molecular weight excluding hydrogens is 330 g/mol. The molecule has 2 rings (SSSR count). The van der Waals surface area contributed by atoms with E-state index in [1.165, 1.54) is 19.3 Å². The van der Waals surface area contributed by atoms with Crippen molar-refractivity contribution in [3.8, 4) is 5.75 Å². The molecule has 1 aromatic rings. The Bertz CT molecular complexity index is 502. The first-order valence-electron chi connectivity index (χ1n) is 7.67. The molecule has 1 aromatic carbocycles. The van der Waals surface area contributed by atoms with Crippen molar-refractivity contribution in [2.75, 3.05) is 7.11 Å². The maximum atomic E-state index is 12.6. The van der Waals surface area contributed by atoms with Gasteiger partial charge in [0.25, 0.3) is 5.91 Å². The third-order valence-corrected chi connectivity index (χ3v) is 5.10. The van der Waals surface area contributed by atoms with Gasteiger partial charge in [0.1, 0.15) is 5.75 Å². The van der Waals surface area contributed by atoms with Crippen LogP contribution in [0.25, 0.3) is 0 Å². The number of ether oxygens (including phenoxy) is 1. The summed E-state index contributed by atoms with van der Waals surface area (Å²) in [5.41, 5.74) is 0.641. The molecule has 0 bridgehead atoms. The van der Waals surface area contributed by atoms with E-state index in [9.17, 15) is 4.79 Å². The first-order valence-corrected chi connectivity index (χ1v) is 8.46. The molecule has 3 nitrogen and oxygen atoms in total. The molecule has 0 saturated heterocycles. The molecule has 4 heteroatoms. The molecule has 1 saturated carbocycles. The predicted molar refractivity (Wildman–Crippen MR) is 88.7 cm³/mol. The van der Waals surface area contributed by atoms with Crippen LogP contribution in [-0.4, -0.2) is 19.1 Å².